The Kier molecular flexibility index (Phi) is 6.42. The van der Waals surface area contributed by atoms with Crippen LogP contribution >= 0.6 is 11.3 Å². The molecule has 32 heavy (non-hydrogen) atoms. The topological polar surface area (TPSA) is 60.5 Å². The lowest BCUT2D eigenvalue weighted by molar-refractivity contribution is 0.102. The van der Waals surface area contributed by atoms with Gasteiger partial charge in [-0.3, -0.25) is 4.79 Å². The summed E-state index contributed by atoms with van der Waals surface area (Å²) < 4.78 is 37.8. The van der Waals surface area contributed by atoms with Crippen molar-refractivity contribution < 1.29 is 23.0 Å². The highest BCUT2D eigenvalue weighted by Crippen LogP contribution is 2.28. The van der Waals surface area contributed by atoms with E-state index in [2.05, 4.69) is 10.3 Å². The summed E-state index contributed by atoms with van der Waals surface area (Å²) in [6, 6.07) is 17.3. The predicted molar refractivity (Wildman–Crippen MR) is 119 cm³/mol. The second-order valence-electron chi connectivity index (χ2n) is 6.77. The van der Waals surface area contributed by atoms with E-state index in [-0.39, 0.29) is 23.8 Å². The van der Waals surface area contributed by atoms with E-state index in [0.29, 0.717) is 22.2 Å². The van der Waals surface area contributed by atoms with Crippen molar-refractivity contribution in [1.82, 2.24) is 4.98 Å². The third-order valence-corrected chi connectivity index (χ3v) is 5.46. The highest BCUT2D eigenvalue weighted by Gasteiger charge is 2.13. The van der Waals surface area contributed by atoms with Crippen molar-refractivity contribution in [2.75, 3.05) is 12.4 Å². The zero-order chi connectivity index (χ0) is 22.5. The Morgan fingerprint density at radius 1 is 1.03 bits per heavy atom. The number of hydrogen-bond donors (Lipinski definition) is 1. The van der Waals surface area contributed by atoms with Crippen LogP contribution in [0, 0.1) is 11.6 Å². The van der Waals surface area contributed by atoms with Crippen LogP contribution in [0.2, 0.25) is 0 Å². The molecule has 1 heterocycles. The van der Waals surface area contributed by atoms with Crippen LogP contribution in [0.4, 0.5) is 14.5 Å². The molecular formula is C24H18F2N2O3S. The second-order valence-corrected chi connectivity index (χ2v) is 7.63. The summed E-state index contributed by atoms with van der Waals surface area (Å²) in [5.41, 5.74) is 1.79. The van der Waals surface area contributed by atoms with E-state index in [1.165, 1.54) is 11.3 Å². The van der Waals surface area contributed by atoms with Gasteiger partial charge in [-0.1, -0.05) is 12.1 Å². The number of nitrogens with zero attached hydrogens (tertiary/aromatic N) is 1. The molecule has 0 radical (unpaired) electrons. The fourth-order valence-corrected chi connectivity index (χ4v) is 3.71. The molecule has 0 bridgehead atoms. The number of carbonyl (C=O) groups excluding carboxylic acids is 1. The zero-order valence-corrected chi connectivity index (χ0v) is 17.8. The monoisotopic (exact) mass is 452 g/mol. The summed E-state index contributed by atoms with van der Waals surface area (Å²) in [7, 11) is 1.57. The van der Waals surface area contributed by atoms with Gasteiger partial charge in [0.1, 0.15) is 40.4 Å². The number of benzene rings is 3. The molecule has 0 fully saturated rings. The molecule has 1 N–H and O–H groups in total. The molecule has 8 heteroatoms. The lowest BCUT2D eigenvalue weighted by Crippen LogP contribution is -2.12. The molecular weight excluding hydrogens is 434 g/mol. The molecule has 5 nitrogen and oxygen atoms in total. The first-order chi connectivity index (χ1) is 15.5. The lowest BCUT2D eigenvalue weighted by Gasteiger charge is -2.08. The average Bonchev–Trinajstić information content (AvgIpc) is 3.31. The molecule has 0 aliphatic carbocycles. The van der Waals surface area contributed by atoms with Gasteiger partial charge in [0.05, 0.1) is 7.11 Å². The molecule has 1 amide bonds. The molecule has 0 unspecified atom stereocenters. The van der Waals surface area contributed by atoms with E-state index in [1.54, 1.807) is 55.0 Å². The maximum absolute atomic E-state index is 13.8. The number of thiazole rings is 1. The normalized spacial score (nSPS) is 10.6. The molecule has 0 saturated heterocycles. The molecule has 1 aromatic heterocycles. The standard InChI is InChI=1S/C24H18F2N2O3S/c1-30-19-8-6-18(7-9-19)27-23(29)22-14-32-24(28-22)15-3-2-4-20(12-15)31-13-16-11-17(25)5-10-21(16)26/h2-12,14H,13H2,1H3,(H,27,29). The van der Waals surface area contributed by atoms with Crippen molar-refractivity contribution in [3.63, 3.8) is 0 Å². The van der Waals surface area contributed by atoms with E-state index < -0.39 is 11.6 Å². The number of halogens is 2. The first kappa shape index (κ1) is 21.5. The average molecular weight is 452 g/mol. The van der Waals surface area contributed by atoms with E-state index in [9.17, 15) is 13.6 Å². The Hall–Kier alpha value is -3.78. The molecule has 162 valence electrons. The minimum Gasteiger partial charge on any atom is -0.497 e. The van der Waals surface area contributed by atoms with Crippen molar-refractivity contribution in [2.24, 2.45) is 0 Å². The van der Waals surface area contributed by atoms with Crippen molar-refractivity contribution >= 4 is 22.9 Å². The Morgan fingerprint density at radius 3 is 2.62 bits per heavy atom. The van der Waals surface area contributed by atoms with Gasteiger partial charge in [0, 0.05) is 22.2 Å². The van der Waals surface area contributed by atoms with Crippen LogP contribution in [-0.2, 0) is 6.61 Å². The van der Waals surface area contributed by atoms with Crippen molar-refractivity contribution in [1.29, 1.82) is 0 Å². The number of nitrogens with one attached hydrogen (secondary N) is 1. The number of hydrogen-bond acceptors (Lipinski definition) is 5. The molecule has 4 rings (SSSR count). The summed E-state index contributed by atoms with van der Waals surface area (Å²) in [6.07, 6.45) is 0. The van der Waals surface area contributed by atoms with Gasteiger partial charge >= 0.3 is 0 Å². The smallest absolute Gasteiger partial charge is 0.275 e. The minimum atomic E-state index is -0.532. The molecule has 0 aliphatic rings. The first-order valence-corrected chi connectivity index (χ1v) is 10.5. The highest BCUT2D eigenvalue weighted by molar-refractivity contribution is 7.13. The fourth-order valence-electron chi connectivity index (χ4n) is 2.91. The SMILES string of the molecule is COc1ccc(NC(=O)c2csc(-c3cccc(OCc4cc(F)ccc4F)c3)n2)cc1. The molecule has 0 saturated carbocycles. The Bertz CT molecular complexity index is 1240. The van der Waals surface area contributed by atoms with Crippen LogP contribution in [-0.4, -0.2) is 18.0 Å². The summed E-state index contributed by atoms with van der Waals surface area (Å²) in [5, 5.41) is 5.10. The van der Waals surface area contributed by atoms with E-state index >= 15 is 0 Å². The largest absolute Gasteiger partial charge is 0.497 e. The quantitative estimate of drug-likeness (QED) is 0.378. The lowest BCUT2D eigenvalue weighted by atomic mass is 10.2. The van der Waals surface area contributed by atoms with Crippen LogP contribution in [0.1, 0.15) is 16.1 Å². The highest BCUT2D eigenvalue weighted by atomic mass is 32.1. The molecule has 3 aromatic carbocycles. The van der Waals surface area contributed by atoms with Gasteiger partial charge in [-0.25, -0.2) is 13.8 Å². The summed E-state index contributed by atoms with van der Waals surface area (Å²) in [5.74, 6) is -0.213. The number of aromatic nitrogens is 1. The van der Waals surface area contributed by atoms with Crippen LogP contribution in [0.25, 0.3) is 10.6 Å². The number of amides is 1. The van der Waals surface area contributed by atoms with Crippen LogP contribution in [0.15, 0.2) is 72.1 Å². The maximum atomic E-state index is 13.8. The number of ether oxygens (including phenoxy) is 2. The minimum absolute atomic E-state index is 0.111. The van der Waals surface area contributed by atoms with Crippen LogP contribution in [0.5, 0.6) is 11.5 Å². The molecule has 0 atom stereocenters. The number of methoxy groups -OCH3 is 1. The second kappa shape index (κ2) is 9.57. The van der Waals surface area contributed by atoms with Crippen molar-refractivity contribution in [2.45, 2.75) is 6.61 Å². The number of carbonyl (C=O) groups is 1. The Balaban J connectivity index is 1.44. The van der Waals surface area contributed by atoms with Gasteiger partial charge < -0.3 is 14.8 Å². The fraction of sp³-hybridized carbons (Fsp3) is 0.0833. The van der Waals surface area contributed by atoms with Crippen LogP contribution < -0.4 is 14.8 Å². The van der Waals surface area contributed by atoms with Gasteiger partial charge in [0.15, 0.2) is 0 Å². The van der Waals surface area contributed by atoms with Gasteiger partial charge in [0.2, 0.25) is 0 Å². The number of rotatable bonds is 7. The zero-order valence-electron chi connectivity index (χ0n) is 17.0. The summed E-state index contributed by atoms with van der Waals surface area (Å²) in [6.45, 7) is -0.111. The van der Waals surface area contributed by atoms with Crippen molar-refractivity contribution in [3.05, 3.63) is 95.0 Å². The third kappa shape index (κ3) is 5.09. The predicted octanol–water partition coefficient (Wildman–Crippen LogP) is 5.93. The first-order valence-electron chi connectivity index (χ1n) is 9.60. The molecule has 0 spiro atoms. The number of anilines is 1. The molecule has 4 aromatic rings. The maximum Gasteiger partial charge on any atom is 0.275 e. The third-order valence-electron chi connectivity index (χ3n) is 4.57. The van der Waals surface area contributed by atoms with Gasteiger partial charge in [-0.05, 0) is 54.6 Å². The Labute approximate surface area is 187 Å². The van der Waals surface area contributed by atoms with Crippen molar-refractivity contribution in [3.8, 4) is 22.1 Å². The molecule has 0 aliphatic heterocycles. The van der Waals surface area contributed by atoms with Crippen LogP contribution in [0.3, 0.4) is 0 Å². The summed E-state index contributed by atoms with van der Waals surface area (Å²) in [4.78, 5) is 16.9. The van der Waals surface area contributed by atoms with E-state index in [1.807, 2.05) is 6.07 Å². The Morgan fingerprint density at radius 2 is 1.84 bits per heavy atom. The van der Waals surface area contributed by atoms with E-state index in [0.717, 1.165) is 23.8 Å². The van der Waals surface area contributed by atoms with E-state index in [4.69, 9.17) is 9.47 Å². The van der Waals surface area contributed by atoms with Gasteiger partial charge in [-0.15, -0.1) is 11.3 Å². The van der Waals surface area contributed by atoms with Gasteiger partial charge in [-0.2, -0.15) is 0 Å². The summed E-state index contributed by atoms with van der Waals surface area (Å²) >= 11 is 1.32. The van der Waals surface area contributed by atoms with Gasteiger partial charge in [0.25, 0.3) is 5.91 Å².